The van der Waals surface area contributed by atoms with E-state index in [1.54, 1.807) is 6.07 Å². The van der Waals surface area contributed by atoms with Crippen molar-refractivity contribution in [3.63, 3.8) is 0 Å². The highest BCUT2D eigenvalue weighted by Gasteiger charge is 2.47. The van der Waals surface area contributed by atoms with E-state index in [1.165, 1.54) is 0 Å². The zero-order chi connectivity index (χ0) is 15.1. The first-order valence-electron chi connectivity index (χ1n) is 7.03. The van der Waals surface area contributed by atoms with Crippen molar-refractivity contribution in [2.75, 3.05) is 31.2 Å². The number of halogens is 1. The molecule has 21 heavy (non-hydrogen) atoms. The van der Waals surface area contributed by atoms with E-state index in [1.807, 2.05) is 12.1 Å². The Labute approximate surface area is 129 Å². The molecule has 2 saturated heterocycles. The second kappa shape index (κ2) is 5.13. The molecule has 3 rings (SSSR count). The molecule has 0 amide bonds. The van der Waals surface area contributed by atoms with Crippen molar-refractivity contribution < 1.29 is 9.47 Å². The summed E-state index contributed by atoms with van der Waals surface area (Å²) in [5.74, 6) is 0.763. The van der Waals surface area contributed by atoms with Crippen molar-refractivity contribution in [2.45, 2.75) is 31.5 Å². The Kier molecular flexibility index (Phi) is 3.56. The fraction of sp³-hybridized carbons (Fsp3) is 0.600. The maximum absolute atomic E-state index is 9.09. The van der Waals surface area contributed by atoms with Gasteiger partial charge in [-0.1, -0.05) is 11.6 Å². The summed E-state index contributed by atoms with van der Waals surface area (Å²) in [4.78, 5) is 6.53. The van der Waals surface area contributed by atoms with Gasteiger partial charge in [0.05, 0.1) is 23.8 Å². The van der Waals surface area contributed by atoms with Crippen LogP contribution in [0.5, 0.6) is 0 Å². The van der Waals surface area contributed by atoms with Crippen LogP contribution in [0, 0.1) is 11.3 Å². The summed E-state index contributed by atoms with van der Waals surface area (Å²) < 4.78 is 11.8. The predicted molar refractivity (Wildman–Crippen MR) is 79.5 cm³/mol. The summed E-state index contributed by atoms with van der Waals surface area (Å²) in [5, 5.41) is 9.47. The highest BCUT2D eigenvalue weighted by molar-refractivity contribution is 6.31. The summed E-state index contributed by atoms with van der Waals surface area (Å²) in [6, 6.07) is 5.61. The molecule has 6 heteroatoms. The van der Waals surface area contributed by atoms with Crippen LogP contribution in [0.2, 0.25) is 5.02 Å². The molecule has 3 heterocycles. The highest BCUT2D eigenvalue weighted by Crippen LogP contribution is 2.36. The van der Waals surface area contributed by atoms with Crippen molar-refractivity contribution in [1.82, 2.24) is 4.98 Å². The van der Waals surface area contributed by atoms with E-state index in [9.17, 15) is 0 Å². The third kappa shape index (κ3) is 2.84. The summed E-state index contributed by atoms with van der Waals surface area (Å²) >= 11 is 5.96. The molecule has 0 bridgehead atoms. The van der Waals surface area contributed by atoms with Gasteiger partial charge in [-0.25, -0.2) is 4.98 Å². The van der Waals surface area contributed by atoms with Crippen LogP contribution in [0.25, 0.3) is 0 Å². The van der Waals surface area contributed by atoms with Crippen LogP contribution in [-0.2, 0) is 9.47 Å². The standard InChI is InChI=1S/C15H18ClN3O2/c1-14(2)8-19(9-15(21-14)5-6-20-10-15)13-4-3-11(16)12(7-17)18-13/h3-4H,5-6,8-10H2,1-2H3. The van der Waals surface area contributed by atoms with E-state index in [0.29, 0.717) is 18.2 Å². The normalized spacial score (nSPS) is 27.8. The molecule has 0 aliphatic carbocycles. The zero-order valence-corrected chi connectivity index (χ0v) is 13.0. The number of morpholine rings is 1. The Morgan fingerprint density at radius 3 is 2.86 bits per heavy atom. The van der Waals surface area contributed by atoms with E-state index >= 15 is 0 Å². The third-order valence-corrected chi connectivity index (χ3v) is 4.18. The molecule has 2 aliphatic heterocycles. The summed E-state index contributed by atoms with van der Waals surface area (Å²) in [7, 11) is 0. The van der Waals surface area contributed by atoms with Crippen LogP contribution in [0.4, 0.5) is 5.82 Å². The molecule has 112 valence electrons. The summed E-state index contributed by atoms with van der Waals surface area (Å²) in [6.07, 6.45) is 0.881. The number of nitriles is 1. The second-order valence-electron chi connectivity index (χ2n) is 6.32. The lowest BCUT2D eigenvalue weighted by atomic mass is 9.95. The quantitative estimate of drug-likeness (QED) is 0.797. The largest absolute Gasteiger partial charge is 0.378 e. The van der Waals surface area contributed by atoms with Gasteiger partial charge < -0.3 is 14.4 Å². The van der Waals surface area contributed by atoms with Gasteiger partial charge in [-0.2, -0.15) is 5.26 Å². The van der Waals surface area contributed by atoms with Gasteiger partial charge >= 0.3 is 0 Å². The van der Waals surface area contributed by atoms with Crippen molar-refractivity contribution in [2.24, 2.45) is 0 Å². The Hall–Kier alpha value is -1.35. The monoisotopic (exact) mass is 307 g/mol. The van der Waals surface area contributed by atoms with Gasteiger partial charge in [0, 0.05) is 19.6 Å². The smallest absolute Gasteiger partial charge is 0.161 e. The number of hydrogen-bond acceptors (Lipinski definition) is 5. The first-order valence-corrected chi connectivity index (χ1v) is 7.40. The second-order valence-corrected chi connectivity index (χ2v) is 6.72. The average Bonchev–Trinajstić information content (AvgIpc) is 2.84. The first kappa shape index (κ1) is 14.6. The maximum Gasteiger partial charge on any atom is 0.161 e. The van der Waals surface area contributed by atoms with Crippen LogP contribution >= 0.6 is 11.6 Å². The first-order chi connectivity index (χ1) is 9.93. The van der Waals surface area contributed by atoms with Gasteiger partial charge in [0.25, 0.3) is 0 Å². The molecule has 0 N–H and O–H groups in total. The molecule has 1 aromatic heterocycles. The van der Waals surface area contributed by atoms with E-state index in [2.05, 4.69) is 23.7 Å². The van der Waals surface area contributed by atoms with Gasteiger partial charge in [-0.3, -0.25) is 0 Å². The van der Waals surface area contributed by atoms with Gasteiger partial charge in [-0.15, -0.1) is 0 Å². The molecule has 0 saturated carbocycles. The molecule has 1 atom stereocenters. The number of anilines is 1. The van der Waals surface area contributed by atoms with Crippen LogP contribution in [-0.4, -0.2) is 42.5 Å². The Morgan fingerprint density at radius 1 is 1.38 bits per heavy atom. The third-order valence-electron chi connectivity index (χ3n) is 3.87. The molecule has 2 fully saturated rings. The van der Waals surface area contributed by atoms with Crippen LogP contribution in [0.15, 0.2) is 12.1 Å². The molecule has 1 aromatic rings. The summed E-state index contributed by atoms with van der Waals surface area (Å²) in [5.41, 5.74) is -0.314. The van der Waals surface area contributed by atoms with Crippen molar-refractivity contribution in [1.29, 1.82) is 5.26 Å². The molecule has 5 nitrogen and oxygen atoms in total. The zero-order valence-electron chi connectivity index (χ0n) is 12.2. The van der Waals surface area contributed by atoms with Gasteiger partial charge in [0.15, 0.2) is 5.69 Å². The van der Waals surface area contributed by atoms with Gasteiger partial charge in [0.1, 0.15) is 17.5 Å². The molecule has 1 unspecified atom stereocenters. The lowest BCUT2D eigenvalue weighted by molar-refractivity contribution is -0.151. The lowest BCUT2D eigenvalue weighted by Gasteiger charge is -2.48. The fourth-order valence-electron chi connectivity index (χ4n) is 3.16. The number of nitrogens with zero attached hydrogens (tertiary/aromatic N) is 3. The van der Waals surface area contributed by atoms with Crippen molar-refractivity contribution >= 4 is 17.4 Å². The minimum atomic E-state index is -0.292. The molecule has 1 spiro atoms. The van der Waals surface area contributed by atoms with Crippen LogP contribution < -0.4 is 4.90 Å². The van der Waals surface area contributed by atoms with E-state index in [0.717, 1.165) is 25.4 Å². The number of ether oxygens (including phenoxy) is 2. The minimum absolute atomic E-state index is 0.259. The number of hydrogen-bond donors (Lipinski definition) is 0. The topological polar surface area (TPSA) is 58.4 Å². The van der Waals surface area contributed by atoms with Crippen LogP contribution in [0.3, 0.4) is 0 Å². The molecule has 0 aromatic carbocycles. The van der Waals surface area contributed by atoms with Gasteiger partial charge in [0.2, 0.25) is 0 Å². The minimum Gasteiger partial charge on any atom is -0.378 e. The molecular formula is C15H18ClN3O2. The Bertz CT molecular complexity index is 591. The number of rotatable bonds is 1. The fourth-order valence-corrected chi connectivity index (χ4v) is 3.30. The Balaban J connectivity index is 1.92. The molecule has 0 radical (unpaired) electrons. The molecular weight excluding hydrogens is 290 g/mol. The maximum atomic E-state index is 9.09. The lowest BCUT2D eigenvalue weighted by Crippen LogP contribution is -2.60. The van der Waals surface area contributed by atoms with E-state index < -0.39 is 0 Å². The number of pyridine rings is 1. The average molecular weight is 308 g/mol. The van der Waals surface area contributed by atoms with Gasteiger partial charge in [-0.05, 0) is 26.0 Å². The molecule has 2 aliphatic rings. The Morgan fingerprint density at radius 2 is 2.19 bits per heavy atom. The van der Waals surface area contributed by atoms with Crippen LogP contribution in [0.1, 0.15) is 26.0 Å². The SMILES string of the molecule is CC1(C)CN(c2ccc(Cl)c(C#N)n2)CC2(CCOC2)O1. The summed E-state index contributed by atoms with van der Waals surface area (Å²) in [6.45, 7) is 6.90. The van der Waals surface area contributed by atoms with E-state index in [-0.39, 0.29) is 16.9 Å². The van der Waals surface area contributed by atoms with Crippen molar-refractivity contribution in [3.05, 3.63) is 22.8 Å². The predicted octanol–water partition coefficient (Wildman–Crippen LogP) is 2.38. The van der Waals surface area contributed by atoms with Crippen molar-refractivity contribution in [3.8, 4) is 6.07 Å². The highest BCUT2D eigenvalue weighted by atomic mass is 35.5. The van der Waals surface area contributed by atoms with E-state index in [4.69, 9.17) is 26.3 Å². The number of aromatic nitrogens is 1.